The number of hydrogen-bond donors (Lipinski definition) is 0. The predicted molar refractivity (Wildman–Crippen MR) is 104 cm³/mol. The van der Waals surface area contributed by atoms with Crippen LogP contribution < -0.4 is 4.74 Å². The molecular formula is C22H15ClO5. The molecule has 140 valence electrons. The number of Topliss-reactive ketones (excluding diaryl/α,β-unsaturated/α-hetero) is 1. The summed E-state index contributed by atoms with van der Waals surface area (Å²) in [6.07, 6.45) is 0. The summed E-state index contributed by atoms with van der Waals surface area (Å²) in [5.41, 5.74) is 1.03. The maximum absolute atomic E-state index is 12.2. The Bertz CT molecular complexity index is 997. The quantitative estimate of drug-likeness (QED) is 0.347. The Kier molecular flexibility index (Phi) is 6.19. The number of ketones is 1. The summed E-state index contributed by atoms with van der Waals surface area (Å²) in [4.78, 5) is 36.2. The van der Waals surface area contributed by atoms with Gasteiger partial charge in [-0.3, -0.25) is 4.79 Å². The highest BCUT2D eigenvalue weighted by atomic mass is 35.5. The molecule has 0 bridgehead atoms. The maximum Gasteiger partial charge on any atom is 0.343 e. The van der Waals surface area contributed by atoms with Crippen LogP contribution >= 0.6 is 11.6 Å². The zero-order valence-corrected chi connectivity index (χ0v) is 15.4. The van der Waals surface area contributed by atoms with Gasteiger partial charge in [0.25, 0.3) is 0 Å². The summed E-state index contributed by atoms with van der Waals surface area (Å²) in [5, 5.41) is 0.404. The number of ether oxygens (including phenoxy) is 2. The summed E-state index contributed by atoms with van der Waals surface area (Å²) in [5.74, 6) is -1.20. The first-order chi connectivity index (χ1) is 13.5. The van der Waals surface area contributed by atoms with Crippen molar-refractivity contribution in [3.8, 4) is 5.75 Å². The van der Waals surface area contributed by atoms with Crippen LogP contribution in [0.4, 0.5) is 0 Å². The van der Waals surface area contributed by atoms with Crippen LogP contribution in [0.5, 0.6) is 5.75 Å². The van der Waals surface area contributed by atoms with E-state index in [2.05, 4.69) is 0 Å². The first-order valence-electron chi connectivity index (χ1n) is 8.36. The van der Waals surface area contributed by atoms with Gasteiger partial charge in [0.1, 0.15) is 5.75 Å². The van der Waals surface area contributed by atoms with Crippen LogP contribution in [0, 0.1) is 0 Å². The lowest BCUT2D eigenvalue weighted by atomic mass is 10.1. The molecule has 0 N–H and O–H groups in total. The van der Waals surface area contributed by atoms with Crippen LogP contribution in [-0.4, -0.2) is 24.3 Å². The second-order valence-electron chi connectivity index (χ2n) is 5.79. The van der Waals surface area contributed by atoms with Crippen molar-refractivity contribution in [3.05, 3.63) is 101 Å². The molecule has 3 rings (SSSR count). The van der Waals surface area contributed by atoms with E-state index in [1.807, 2.05) is 0 Å². The van der Waals surface area contributed by atoms with Gasteiger partial charge in [-0.15, -0.1) is 0 Å². The highest BCUT2D eigenvalue weighted by molar-refractivity contribution is 6.30. The van der Waals surface area contributed by atoms with Gasteiger partial charge in [-0.05, 0) is 54.6 Å². The molecular weight excluding hydrogens is 380 g/mol. The first kappa shape index (κ1) is 19.3. The Morgan fingerprint density at radius 1 is 0.714 bits per heavy atom. The number of hydrogen-bond acceptors (Lipinski definition) is 5. The summed E-state index contributed by atoms with van der Waals surface area (Å²) in [7, 11) is 0. The summed E-state index contributed by atoms with van der Waals surface area (Å²) in [6.45, 7) is -0.408. The highest BCUT2D eigenvalue weighted by Crippen LogP contribution is 2.16. The van der Waals surface area contributed by atoms with Crippen molar-refractivity contribution in [2.24, 2.45) is 0 Å². The van der Waals surface area contributed by atoms with Crippen LogP contribution in [0.3, 0.4) is 0 Å². The largest absolute Gasteiger partial charge is 0.454 e. The van der Waals surface area contributed by atoms with Gasteiger partial charge < -0.3 is 9.47 Å². The molecule has 0 aliphatic rings. The highest BCUT2D eigenvalue weighted by Gasteiger charge is 2.13. The van der Waals surface area contributed by atoms with Gasteiger partial charge >= 0.3 is 11.9 Å². The molecule has 6 heteroatoms. The fraction of sp³-hybridized carbons (Fsp3) is 0.0455. The molecule has 3 aromatic carbocycles. The molecule has 28 heavy (non-hydrogen) atoms. The second-order valence-corrected chi connectivity index (χ2v) is 6.23. The van der Waals surface area contributed by atoms with Crippen LogP contribution in [0.25, 0.3) is 0 Å². The van der Waals surface area contributed by atoms with Crippen LogP contribution in [0.2, 0.25) is 5.02 Å². The fourth-order valence-electron chi connectivity index (χ4n) is 2.36. The molecule has 0 amide bonds. The fourth-order valence-corrected chi connectivity index (χ4v) is 2.55. The minimum Gasteiger partial charge on any atom is -0.454 e. The van der Waals surface area contributed by atoms with Crippen molar-refractivity contribution in [2.75, 3.05) is 6.61 Å². The number of esters is 2. The normalized spacial score (nSPS) is 10.2. The summed E-state index contributed by atoms with van der Waals surface area (Å²) < 4.78 is 10.3. The Morgan fingerprint density at radius 3 is 2.07 bits per heavy atom. The number of benzene rings is 3. The molecule has 0 heterocycles. The molecule has 0 atom stereocenters. The Labute approximate surface area is 166 Å². The van der Waals surface area contributed by atoms with E-state index < -0.39 is 18.5 Å². The van der Waals surface area contributed by atoms with Gasteiger partial charge in [-0.2, -0.15) is 0 Å². The lowest BCUT2D eigenvalue weighted by Crippen LogP contribution is -2.14. The summed E-state index contributed by atoms with van der Waals surface area (Å²) >= 11 is 5.83. The lowest BCUT2D eigenvalue weighted by molar-refractivity contribution is 0.0474. The number of rotatable bonds is 6. The molecule has 0 aliphatic carbocycles. The third-order valence-electron chi connectivity index (χ3n) is 3.79. The number of carbonyl (C=O) groups is 3. The van der Waals surface area contributed by atoms with Crippen molar-refractivity contribution in [2.45, 2.75) is 0 Å². The van der Waals surface area contributed by atoms with Crippen molar-refractivity contribution < 1.29 is 23.9 Å². The second kappa shape index (κ2) is 8.97. The monoisotopic (exact) mass is 394 g/mol. The van der Waals surface area contributed by atoms with E-state index in [0.717, 1.165) is 0 Å². The molecule has 0 aromatic heterocycles. The van der Waals surface area contributed by atoms with Crippen LogP contribution in [0.1, 0.15) is 31.1 Å². The van der Waals surface area contributed by atoms with E-state index >= 15 is 0 Å². The van der Waals surface area contributed by atoms with Crippen molar-refractivity contribution >= 4 is 29.3 Å². The lowest BCUT2D eigenvalue weighted by Gasteiger charge is -2.07. The molecule has 3 aromatic rings. The van der Waals surface area contributed by atoms with Crippen LogP contribution in [-0.2, 0) is 4.74 Å². The van der Waals surface area contributed by atoms with Crippen molar-refractivity contribution in [3.63, 3.8) is 0 Å². The zero-order valence-electron chi connectivity index (χ0n) is 14.6. The van der Waals surface area contributed by atoms with Crippen molar-refractivity contribution in [1.82, 2.24) is 0 Å². The standard InChI is InChI=1S/C22H15ClO5/c23-18-8-4-7-17(13-18)21(25)27-14-20(24)15-9-11-19(12-10-15)28-22(26)16-5-2-1-3-6-16/h1-13H,14H2. The molecule has 0 saturated heterocycles. The van der Waals surface area contributed by atoms with E-state index in [0.29, 0.717) is 21.9 Å². The molecule has 0 spiro atoms. The van der Waals surface area contributed by atoms with Gasteiger partial charge in [-0.1, -0.05) is 35.9 Å². The Morgan fingerprint density at radius 2 is 1.39 bits per heavy atom. The van der Waals surface area contributed by atoms with Gasteiger partial charge in [0, 0.05) is 10.6 Å². The molecule has 5 nitrogen and oxygen atoms in total. The average molecular weight is 395 g/mol. The molecule has 0 unspecified atom stereocenters. The van der Waals surface area contributed by atoms with Crippen LogP contribution in [0.15, 0.2) is 78.9 Å². The molecule has 0 radical (unpaired) electrons. The van der Waals surface area contributed by atoms with E-state index in [1.54, 1.807) is 48.5 Å². The van der Waals surface area contributed by atoms with E-state index in [-0.39, 0.29) is 11.3 Å². The van der Waals surface area contributed by atoms with Gasteiger partial charge in [0.2, 0.25) is 0 Å². The van der Waals surface area contributed by atoms with E-state index in [1.165, 1.54) is 30.3 Å². The summed E-state index contributed by atoms with van der Waals surface area (Å²) in [6, 6.07) is 20.9. The van der Waals surface area contributed by atoms with Gasteiger partial charge in [-0.25, -0.2) is 9.59 Å². The van der Waals surface area contributed by atoms with E-state index in [9.17, 15) is 14.4 Å². The molecule has 0 aliphatic heterocycles. The van der Waals surface area contributed by atoms with E-state index in [4.69, 9.17) is 21.1 Å². The average Bonchev–Trinajstić information content (AvgIpc) is 2.73. The maximum atomic E-state index is 12.2. The molecule has 0 saturated carbocycles. The topological polar surface area (TPSA) is 69.7 Å². The third-order valence-corrected chi connectivity index (χ3v) is 4.03. The zero-order chi connectivity index (χ0) is 19.9. The minimum absolute atomic E-state index is 0.267. The van der Waals surface area contributed by atoms with Crippen molar-refractivity contribution in [1.29, 1.82) is 0 Å². The molecule has 0 fully saturated rings. The Balaban J connectivity index is 1.56. The minimum atomic E-state index is -0.635. The Hall–Kier alpha value is -3.44. The smallest absolute Gasteiger partial charge is 0.343 e. The van der Waals surface area contributed by atoms with Gasteiger partial charge in [0.15, 0.2) is 12.4 Å². The SMILES string of the molecule is O=C(COC(=O)c1cccc(Cl)c1)c1ccc(OC(=O)c2ccccc2)cc1. The first-order valence-corrected chi connectivity index (χ1v) is 8.74. The number of halogens is 1. The predicted octanol–water partition coefficient (Wildman–Crippen LogP) is 4.60. The van der Waals surface area contributed by atoms with Gasteiger partial charge in [0.05, 0.1) is 11.1 Å². The third kappa shape index (κ3) is 5.05. The number of carbonyl (C=O) groups excluding carboxylic acids is 3.